The van der Waals surface area contributed by atoms with Crippen molar-refractivity contribution in [2.45, 2.75) is 31.9 Å². The summed E-state index contributed by atoms with van der Waals surface area (Å²) in [4.78, 5) is 26.2. The molecule has 7 nitrogen and oxygen atoms in total. The fourth-order valence-electron chi connectivity index (χ4n) is 3.15. The molecule has 0 aromatic heterocycles. The van der Waals surface area contributed by atoms with Crippen molar-refractivity contribution in [1.29, 1.82) is 0 Å². The third-order valence-electron chi connectivity index (χ3n) is 4.32. The van der Waals surface area contributed by atoms with Gasteiger partial charge in [0.05, 0.1) is 22.7 Å². The predicted molar refractivity (Wildman–Crippen MR) is 88.7 cm³/mol. The van der Waals surface area contributed by atoms with Crippen molar-refractivity contribution in [3.63, 3.8) is 0 Å². The summed E-state index contributed by atoms with van der Waals surface area (Å²) in [5.41, 5.74) is -0.240. The molecule has 1 saturated heterocycles. The van der Waals surface area contributed by atoms with Crippen molar-refractivity contribution >= 4 is 27.3 Å². The molecule has 2 aliphatic rings. The highest BCUT2D eigenvalue weighted by Crippen LogP contribution is 2.33. The van der Waals surface area contributed by atoms with Gasteiger partial charge in [-0.05, 0) is 32.4 Å². The number of carbonyl (C=O) groups excluding carboxylic acids is 2. The number of nitrogens with one attached hydrogen (secondary N) is 1. The molecule has 3 rings (SSSR count). The Morgan fingerprint density at radius 1 is 1.42 bits per heavy atom. The number of para-hydroxylation sites is 2. The number of anilines is 1. The average molecular weight is 352 g/mol. The van der Waals surface area contributed by atoms with Crippen LogP contribution in [0.1, 0.15) is 20.3 Å². The molecule has 2 aliphatic heterocycles. The first-order chi connectivity index (χ1) is 11.2. The summed E-state index contributed by atoms with van der Waals surface area (Å²) in [7, 11) is -3.12. The molecular weight excluding hydrogens is 332 g/mol. The minimum atomic E-state index is -3.12. The van der Waals surface area contributed by atoms with Crippen molar-refractivity contribution in [1.82, 2.24) is 5.32 Å². The number of rotatable bonds is 3. The first-order valence-electron chi connectivity index (χ1n) is 7.78. The van der Waals surface area contributed by atoms with Crippen LogP contribution in [0, 0.1) is 0 Å². The van der Waals surface area contributed by atoms with Crippen LogP contribution in [-0.4, -0.2) is 49.9 Å². The minimum Gasteiger partial charge on any atom is -0.479 e. The summed E-state index contributed by atoms with van der Waals surface area (Å²) >= 11 is 0. The van der Waals surface area contributed by atoms with Gasteiger partial charge in [-0.1, -0.05) is 12.1 Å². The monoisotopic (exact) mass is 352 g/mol. The summed E-state index contributed by atoms with van der Waals surface area (Å²) < 4.78 is 28.8. The molecule has 0 spiro atoms. The standard InChI is InChI=1S/C16H20N2O5S/c1-11-15(20)18(12-5-3-4-6-13(12)23-11)9-14(19)17-16(2)7-8-24(21,22)10-16/h3-6,11H,7-10H2,1-2H3,(H,17,19). The second-order valence-electron chi connectivity index (χ2n) is 6.60. The minimum absolute atomic E-state index is 0.0696. The Hall–Kier alpha value is -2.09. The third-order valence-corrected chi connectivity index (χ3v) is 6.22. The molecule has 130 valence electrons. The van der Waals surface area contributed by atoms with E-state index in [4.69, 9.17) is 4.74 Å². The van der Waals surface area contributed by atoms with E-state index >= 15 is 0 Å². The zero-order valence-corrected chi connectivity index (χ0v) is 14.4. The van der Waals surface area contributed by atoms with Crippen LogP contribution < -0.4 is 15.0 Å². The Balaban J connectivity index is 1.76. The van der Waals surface area contributed by atoms with E-state index in [1.807, 2.05) is 0 Å². The lowest BCUT2D eigenvalue weighted by molar-refractivity contribution is -0.128. The summed E-state index contributed by atoms with van der Waals surface area (Å²) in [6.07, 6.45) is -0.291. The molecule has 2 heterocycles. The van der Waals surface area contributed by atoms with Crippen molar-refractivity contribution in [3.8, 4) is 5.75 Å². The van der Waals surface area contributed by atoms with Gasteiger partial charge in [-0.15, -0.1) is 0 Å². The molecule has 1 N–H and O–H groups in total. The molecule has 0 saturated carbocycles. The molecule has 0 bridgehead atoms. The van der Waals surface area contributed by atoms with Crippen molar-refractivity contribution in [2.24, 2.45) is 0 Å². The molecule has 2 atom stereocenters. The van der Waals surface area contributed by atoms with Crippen LogP contribution in [0.25, 0.3) is 0 Å². The SMILES string of the molecule is CC1Oc2ccccc2N(CC(=O)NC2(C)CCS(=O)(=O)C2)C1=O. The van der Waals surface area contributed by atoms with Crippen LogP contribution in [0.4, 0.5) is 5.69 Å². The van der Waals surface area contributed by atoms with E-state index in [1.54, 1.807) is 38.1 Å². The Bertz CT molecular complexity index is 791. The van der Waals surface area contributed by atoms with Crippen LogP contribution in [0.3, 0.4) is 0 Å². The van der Waals surface area contributed by atoms with Gasteiger partial charge in [-0.2, -0.15) is 0 Å². The third kappa shape index (κ3) is 3.24. The fraction of sp³-hybridized carbons (Fsp3) is 0.500. The van der Waals surface area contributed by atoms with Crippen molar-refractivity contribution in [3.05, 3.63) is 24.3 Å². The summed E-state index contributed by atoms with van der Waals surface area (Å²) in [6, 6.07) is 7.02. The summed E-state index contributed by atoms with van der Waals surface area (Å²) in [5.74, 6) is -0.136. The maximum Gasteiger partial charge on any atom is 0.268 e. The van der Waals surface area contributed by atoms with Gasteiger partial charge in [0.15, 0.2) is 15.9 Å². The number of carbonyl (C=O) groups is 2. The smallest absolute Gasteiger partial charge is 0.268 e. The van der Waals surface area contributed by atoms with Gasteiger partial charge in [0, 0.05) is 0 Å². The number of hydrogen-bond acceptors (Lipinski definition) is 5. The number of fused-ring (bicyclic) bond motifs is 1. The number of ether oxygens (including phenoxy) is 1. The highest BCUT2D eigenvalue weighted by Gasteiger charge is 2.40. The van der Waals surface area contributed by atoms with Gasteiger partial charge in [0.2, 0.25) is 5.91 Å². The lowest BCUT2D eigenvalue weighted by atomic mass is 10.0. The van der Waals surface area contributed by atoms with Gasteiger partial charge in [-0.25, -0.2) is 8.42 Å². The molecule has 1 aromatic rings. The quantitative estimate of drug-likeness (QED) is 0.855. The Morgan fingerprint density at radius 2 is 2.12 bits per heavy atom. The fourth-order valence-corrected chi connectivity index (χ4v) is 5.24. The number of sulfone groups is 1. The van der Waals surface area contributed by atoms with E-state index in [1.165, 1.54) is 4.90 Å². The van der Waals surface area contributed by atoms with Gasteiger partial charge in [0.1, 0.15) is 12.3 Å². The van der Waals surface area contributed by atoms with Crippen LogP contribution >= 0.6 is 0 Å². The van der Waals surface area contributed by atoms with E-state index < -0.39 is 21.5 Å². The second kappa shape index (κ2) is 5.77. The molecule has 24 heavy (non-hydrogen) atoms. The Kier molecular flexibility index (Phi) is 4.03. The average Bonchev–Trinajstić information content (AvgIpc) is 2.77. The van der Waals surface area contributed by atoms with E-state index in [9.17, 15) is 18.0 Å². The number of amides is 2. The first-order valence-corrected chi connectivity index (χ1v) is 9.60. The highest BCUT2D eigenvalue weighted by molar-refractivity contribution is 7.91. The predicted octanol–water partition coefficient (Wildman–Crippen LogP) is 0.494. The maximum absolute atomic E-state index is 12.4. The first kappa shape index (κ1) is 16.8. The number of benzene rings is 1. The molecule has 0 radical (unpaired) electrons. The van der Waals surface area contributed by atoms with Gasteiger partial charge >= 0.3 is 0 Å². The van der Waals surface area contributed by atoms with Crippen LogP contribution in [0.15, 0.2) is 24.3 Å². The maximum atomic E-state index is 12.4. The molecule has 0 aliphatic carbocycles. The molecule has 2 unspecified atom stereocenters. The lowest BCUT2D eigenvalue weighted by Gasteiger charge is -2.33. The number of nitrogens with zero attached hydrogens (tertiary/aromatic N) is 1. The van der Waals surface area contributed by atoms with Crippen LogP contribution in [0.2, 0.25) is 0 Å². The van der Waals surface area contributed by atoms with E-state index in [-0.39, 0.29) is 29.9 Å². The van der Waals surface area contributed by atoms with E-state index in [2.05, 4.69) is 5.32 Å². The number of hydrogen-bond donors (Lipinski definition) is 1. The molecule has 1 fully saturated rings. The Morgan fingerprint density at radius 3 is 2.79 bits per heavy atom. The van der Waals surface area contributed by atoms with Crippen LogP contribution in [-0.2, 0) is 19.4 Å². The molecule has 2 amide bonds. The molecule has 8 heteroatoms. The lowest BCUT2D eigenvalue weighted by Crippen LogP contribution is -2.53. The topological polar surface area (TPSA) is 92.8 Å². The molecule has 1 aromatic carbocycles. The largest absolute Gasteiger partial charge is 0.479 e. The van der Waals surface area contributed by atoms with Gasteiger partial charge in [0.25, 0.3) is 5.91 Å². The van der Waals surface area contributed by atoms with Gasteiger partial charge in [-0.3, -0.25) is 14.5 Å². The Labute approximate surface area is 140 Å². The second-order valence-corrected chi connectivity index (χ2v) is 8.79. The normalized spacial score (nSPS) is 28.2. The zero-order chi connectivity index (χ0) is 17.5. The van der Waals surface area contributed by atoms with Crippen molar-refractivity contribution in [2.75, 3.05) is 23.0 Å². The van der Waals surface area contributed by atoms with E-state index in [0.717, 1.165) is 0 Å². The van der Waals surface area contributed by atoms with Crippen molar-refractivity contribution < 1.29 is 22.7 Å². The summed E-state index contributed by atoms with van der Waals surface area (Å²) in [5, 5.41) is 2.77. The zero-order valence-electron chi connectivity index (χ0n) is 13.6. The van der Waals surface area contributed by atoms with E-state index in [0.29, 0.717) is 17.9 Å². The highest BCUT2D eigenvalue weighted by atomic mass is 32.2. The van der Waals surface area contributed by atoms with Gasteiger partial charge < -0.3 is 10.1 Å². The van der Waals surface area contributed by atoms with Crippen LogP contribution in [0.5, 0.6) is 5.75 Å². The summed E-state index contributed by atoms with van der Waals surface area (Å²) in [6.45, 7) is 3.18. The molecular formula is C16H20N2O5S.